The Morgan fingerprint density at radius 2 is 1.30 bits per heavy atom. The minimum Gasteiger partial charge on any atom is -0.353 e. The van der Waals surface area contributed by atoms with Crippen LogP contribution < -0.4 is 21.3 Å². The second-order valence-corrected chi connectivity index (χ2v) is 18.6. The Balaban J connectivity index is 1.09. The molecule has 4 heterocycles. The van der Waals surface area contributed by atoms with E-state index in [4.69, 9.17) is 0 Å². The van der Waals surface area contributed by atoms with Crippen molar-refractivity contribution in [2.24, 2.45) is 17.8 Å². The average molecular weight is 830 g/mol. The van der Waals surface area contributed by atoms with Gasteiger partial charge in [-0.1, -0.05) is 68.5 Å². The number of aromatic amines is 2. The zero-order chi connectivity index (χ0) is 42.6. The number of nitrogens with one attached hydrogen (secondary N) is 6. The summed E-state index contributed by atoms with van der Waals surface area (Å²) in [7, 11) is 3.54. The van der Waals surface area contributed by atoms with Crippen LogP contribution in [-0.4, -0.2) is 82.7 Å². The van der Waals surface area contributed by atoms with Crippen LogP contribution >= 0.6 is 0 Å². The predicted octanol–water partition coefficient (Wildman–Crippen LogP) is 7.91. The normalized spacial score (nSPS) is 27.0. The molecular formula is C50H67N7O4. The number of fused-ring (bicyclic) bond motifs is 4. The molecule has 4 aromatic rings. The Hall–Kier alpha value is -4.74. The number of amides is 3. The molecule has 4 aliphatic rings. The van der Waals surface area contributed by atoms with Crippen molar-refractivity contribution in [1.82, 2.24) is 36.1 Å². The fourth-order valence-corrected chi connectivity index (χ4v) is 11.0. The maximum absolute atomic E-state index is 14.5. The van der Waals surface area contributed by atoms with Gasteiger partial charge >= 0.3 is 0 Å². The lowest BCUT2D eigenvalue weighted by atomic mass is 9.81. The third-order valence-corrected chi connectivity index (χ3v) is 14.9. The molecule has 11 nitrogen and oxygen atoms in total. The van der Waals surface area contributed by atoms with Crippen LogP contribution in [0.2, 0.25) is 0 Å². The van der Waals surface area contributed by atoms with Crippen molar-refractivity contribution in [3.8, 4) is 11.4 Å². The van der Waals surface area contributed by atoms with Crippen LogP contribution in [0.1, 0.15) is 121 Å². The fraction of sp³-hybridized carbons (Fsp3) is 0.560. The van der Waals surface area contributed by atoms with E-state index in [1.807, 2.05) is 18.7 Å². The topological polar surface area (TPSA) is 151 Å². The number of H-pyrrole nitrogens is 2. The highest BCUT2D eigenvalue weighted by Gasteiger charge is 2.39. The van der Waals surface area contributed by atoms with Gasteiger partial charge in [-0.25, -0.2) is 0 Å². The zero-order valence-electron chi connectivity index (χ0n) is 36.7. The van der Waals surface area contributed by atoms with Crippen LogP contribution in [0.5, 0.6) is 0 Å². The van der Waals surface area contributed by atoms with E-state index < -0.39 is 12.1 Å². The molecule has 11 heteroatoms. The Labute approximate surface area is 361 Å². The van der Waals surface area contributed by atoms with Gasteiger partial charge in [-0.3, -0.25) is 19.2 Å². The minimum atomic E-state index is -0.551. The van der Waals surface area contributed by atoms with Gasteiger partial charge in [0, 0.05) is 45.5 Å². The number of carbonyl (C=O) groups is 4. The molecule has 2 aromatic carbocycles. The molecule has 2 aromatic heterocycles. The average Bonchev–Trinajstić information content (AvgIpc) is 3.93. The van der Waals surface area contributed by atoms with Gasteiger partial charge in [-0.05, 0) is 134 Å². The number of hydrogen-bond acceptors (Lipinski definition) is 6. The first-order valence-corrected chi connectivity index (χ1v) is 23.4. The Bertz CT molecular complexity index is 2260. The minimum absolute atomic E-state index is 0.000816. The summed E-state index contributed by atoms with van der Waals surface area (Å²) in [6, 6.07) is 15.6. The van der Waals surface area contributed by atoms with E-state index in [-0.39, 0.29) is 41.6 Å². The number of allylic oxidation sites excluding steroid dienone is 1. The Kier molecular flexibility index (Phi) is 13.5. The van der Waals surface area contributed by atoms with E-state index in [9.17, 15) is 19.2 Å². The summed E-state index contributed by atoms with van der Waals surface area (Å²) >= 11 is 0. The highest BCUT2D eigenvalue weighted by Crippen LogP contribution is 2.44. The molecule has 0 unspecified atom stereocenters. The van der Waals surface area contributed by atoms with Crippen LogP contribution in [0.15, 0.2) is 54.2 Å². The molecule has 2 aliphatic carbocycles. The van der Waals surface area contributed by atoms with Gasteiger partial charge in [0.2, 0.25) is 17.7 Å². The van der Waals surface area contributed by atoms with Gasteiger partial charge in [0.1, 0.15) is 6.04 Å². The second kappa shape index (κ2) is 19.1. The van der Waals surface area contributed by atoms with Crippen molar-refractivity contribution in [1.29, 1.82) is 0 Å². The van der Waals surface area contributed by atoms with Crippen molar-refractivity contribution in [2.75, 3.05) is 14.1 Å². The standard InChI is InChI=1S/C50H67N7O4/c1-30(51-3)48(59)55-43-19-9-5-13-33-23-21-32(22-24-34(33)28-45(43)58)27-39-37-15-7-11-17-41(37)53-46(39)47-40(38-16-8-12-18-42(38)54-47)29-36-26-25-35-14-6-10-20-44(50(61)57(35)36)56-49(60)31(2)52-4/h7-8,11-12,15-18,29-35,43-44,51-54H,5-6,9-10,13-14,19-28H2,1-4H3,(H,55,59)(H,56,60)/b36-29+/t30-,31-,32+,33-,34-,35-,43-,44-/m0/s1. The first kappa shape index (κ1) is 42.9. The van der Waals surface area contributed by atoms with Gasteiger partial charge in [0.25, 0.3) is 0 Å². The molecule has 2 aliphatic heterocycles. The maximum atomic E-state index is 14.5. The summed E-state index contributed by atoms with van der Waals surface area (Å²) in [5.41, 5.74) is 7.70. The molecule has 0 radical (unpaired) electrons. The highest BCUT2D eigenvalue weighted by molar-refractivity contribution is 6.01. The SMILES string of the molecule is CN[C@@H](C)C(=O)N[C@H]1CCCC[C@H]2CC[C@@H](Cc3c(-c4[nH]c5ccccc5c4/C=C4\CC[C@@H]5CCCC[C@H](NC(=O)[C@H](C)NC)C(=O)N45)[nH]c4ccccc34)CC[C@H]2CC1=O. The lowest BCUT2D eigenvalue weighted by molar-refractivity contribution is -0.136. The number of carbonyl (C=O) groups excluding carboxylic acids is 4. The molecule has 8 rings (SSSR count). The molecule has 4 fully saturated rings. The first-order valence-electron chi connectivity index (χ1n) is 23.4. The molecule has 2 saturated carbocycles. The molecule has 326 valence electrons. The van der Waals surface area contributed by atoms with E-state index in [0.717, 1.165) is 129 Å². The number of Topliss-reactive ketones (excluding diaryl/α,β-unsaturated/α-hetero) is 1. The molecule has 61 heavy (non-hydrogen) atoms. The summed E-state index contributed by atoms with van der Waals surface area (Å²) in [5.74, 6) is 1.27. The van der Waals surface area contributed by atoms with Crippen molar-refractivity contribution in [3.63, 3.8) is 0 Å². The summed E-state index contributed by atoms with van der Waals surface area (Å²) in [6.45, 7) is 3.66. The molecule has 6 N–H and O–H groups in total. The number of nitrogens with zero attached hydrogens (tertiary/aromatic N) is 1. The lowest BCUT2D eigenvalue weighted by Crippen LogP contribution is -2.53. The fourth-order valence-electron chi connectivity index (χ4n) is 11.0. The third-order valence-electron chi connectivity index (χ3n) is 14.9. The molecule has 8 atom stereocenters. The van der Waals surface area contributed by atoms with E-state index in [0.29, 0.717) is 30.6 Å². The van der Waals surface area contributed by atoms with Crippen LogP contribution in [0.25, 0.3) is 39.3 Å². The highest BCUT2D eigenvalue weighted by atomic mass is 16.2. The number of aromatic nitrogens is 2. The number of para-hydroxylation sites is 2. The molecule has 0 bridgehead atoms. The van der Waals surface area contributed by atoms with Crippen LogP contribution in [0.4, 0.5) is 0 Å². The van der Waals surface area contributed by atoms with E-state index in [2.05, 4.69) is 85.8 Å². The summed E-state index contributed by atoms with van der Waals surface area (Å²) in [5, 5.41) is 14.5. The second-order valence-electron chi connectivity index (χ2n) is 18.6. The van der Waals surface area contributed by atoms with Gasteiger partial charge in [0.05, 0.1) is 29.5 Å². The number of likely N-dealkylation sites (N-methyl/N-ethyl adjacent to an activating group) is 2. The van der Waals surface area contributed by atoms with Gasteiger partial charge in [-0.15, -0.1) is 0 Å². The zero-order valence-corrected chi connectivity index (χ0v) is 36.7. The summed E-state index contributed by atoms with van der Waals surface area (Å²) < 4.78 is 0. The smallest absolute Gasteiger partial charge is 0.249 e. The Morgan fingerprint density at radius 1 is 0.705 bits per heavy atom. The number of ketones is 1. The molecule has 3 amide bonds. The quantitative estimate of drug-likeness (QED) is 0.0957. The predicted molar refractivity (Wildman–Crippen MR) is 244 cm³/mol. The third kappa shape index (κ3) is 9.24. The largest absolute Gasteiger partial charge is 0.353 e. The van der Waals surface area contributed by atoms with Crippen molar-refractivity contribution in [2.45, 2.75) is 147 Å². The van der Waals surface area contributed by atoms with E-state index >= 15 is 0 Å². The maximum Gasteiger partial charge on any atom is 0.249 e. The molecular weight excluding hydrogens is 763 g/mol. The number of rotatable bonds is 10. The monoisotopic (exact) mass is 830 g/mol. The number of hydrogen-bond donors (Lipinski definition) is 6. The Morgan fingerprint density at radius 3 is 2.02 bits per heavy atom. The van der Waals surface area contributed by atoms with E-state index in [1.165, 1.54) is 10.9 Å². The molecule has 0 spiro atoms. The van der Waals surface area contributed by atoms with Crippen molar-refractivity contribution < 1.29 is 19.2 Å². The van der Waals surface area contributed by atoms with Gasteiger partial charge in [-0.2, -0.15) is 0 Å². The van der Waals surface area contributed by atoms with E-state index in [1.54, 1.807) is 14.1 Å². The van der Waals surface area contributed by atoms with Gasteiger partial charge < -0.3 is 36.1 Å². The number of benzene rings is 2. The first-order chi connectivity index (χ1) is 29.6. The summed E-state index contributed by atoms with van der Waals surface area (Å²) in [4.78, 5) is 63.8. The lowest BCUT2D eigenvalue weighted by Gasteiger charge is -2.33. The van der Waals surface area contributed by atoms with Crippen LogP contribution in [-0.2, 0) is 25.6 Å². The van der Waals surface area contributed by atoms with Gasteiger partial charge in [0.15, 0.2) is 5.78 Å². The molecule has 2 saturated heterocycles. The van der Waals surface area contributed by atoms with Crippen LogP contribution in [0.3, 0.4) is 0 Å². The van der Waals surface area contributed by atoms with Crippen molar-refractivity contribution in [3.05, 3.63) is 65.4 Å². The summed E-state index contributed by atoms with van der Waals surface area (Å²) in [6.07, 6.45) is 17.3. The van der Waals surface area contributed by atoms with Crippen molar-refractivity contribution >= 4 is 51.4 Å². The van der Waals surface area contributed by atoms with Crippen LogP contribution in [0, 0.1) is 17.8 Å².